The van der Waals surface area contributed by atoms with Crippen molar-refractivity contribution in [3.05, 3.63) is 16.1 Å². The van der Waals surface area contributed by atoms with Crippen LogP contribution in [-0.4, -0.2) is 18.1 Å². The number of esters is 1. The van der Waals surface area contributed by atoms with Gasteiger partial charge in [0.25, 0.3) is 0 Å². The van der Waals surface area contributed by atoms with Gasteiger partial charge in [0.1, 0.15) is 0 Å². The number of unbranched alkanes of at least 4 members (excludes halogenated alkanes) is 1. The largest absolute Gasteiger partial charge is 0.469 e. The van der Waals surface area contributed by atoms with Crippen LogP contribution in [0.25, 0.3) is 0 Å². The summed E-state index contributed by atoms with van der Waals surface area (Å²) in [6.07, 6.45) is 3.64. The second kappa shape index (κ2) is 5.75. The van der Waals surface area contributed by atoms with Crippen molar-refractivity contribution in [3.63, 3.8) is 0 Å². The second-order valence-electron chi connectivity index (χ2n) is 3.09. The first-order valence-corrected chi connectivity index (χ1v) is 5.64. The van der Waals surface area contributed by atoms with Crippen molar-refractivity contribution in [2.24, 2.45) is 0 Å². The summed E-state index contributed by atoms with van der Waals surface area (Å²) in [6.45, 7) is 2.16. The minimum atomic E-state index is -0.225. The molecule has 0 amide bonds. The molecule has 0 N–H and O–H groups in total. The highest BCUT2D eigenvalue weighted by Crippen LogP contribution is 2.13. The van der Waals surface area contributed by atoms with Crippen molar-refractivity contribution in [2.75, 3.05) is 7.11 Å². The molecule has 1 aromatic rings. The van der Waals surface area contributed by atoms with Gasteiger partial charge in [-0.2, -0.15) is 0 Å². The van der Waals surface area contributed by atoms with E-state index in [2.05, 4.69) is 16.6 Å². The zero-order valence-corrected chi connectivity index (χ0v) is 9.39. The average Bonchev–Trinajstić information content (AvgIpc) is 2.62. The summed E-state index contributed by atoms with van der Waals surface area (Å²) >= 11 is 1.62. The number of methoxy groups -OCH3 is 1. The zero-order valence-electron chi connectivity index (χ0n) is 8.58. The lowest BCUT2D eigenvalue weighted by molar-refractivity contribution is -0.139. The molecule has 1 aromatic heterocycles. The molecule has 1 rings (SSSR count). The van der Waals surface area contributed by atoms with E-state index in [0.29, 0.717) is 6.42 Å². The van der Waals surface area contributed by atoms with Gasteiger partial charge in [0.2, 0.25) is 0 Å². The number of carbonyl (C=O) groups excluding carboxylic acids is 1. The lowest BCUT2D eigenvalue weighted by atomic mass is 10.2. The third-order valence-corrected chi connectivity index (χ3v) is 2.85. The fourth-order valence-electron chi connectivity index (χ4n) is 1.09. The van der Waals surface area contributed by atoms with Crippen LogP contribution in [0.5, 0.6) is 0 Å². The van der Waals surface area contributed by atoms with E-state index in [1.54, 1.807) is 11.3 Å². The molecule has 0 unspecified atom stereocenters. The van der Waals surface area contributed by atoms with Crippen LogP contribution in [0.4, 0.5) is 0 Å². The molecule has 0 saturated heterocycles. The maximum absolute atomic E-state index is 10.9. The second-order valence-corrected chi connectivity index (χ2v) is 4.03. The Labute approximate surface area is 88.1 Å². The van der Waals surface area contributed by atoms with Crippen molar-refractivity contribution in [2.45, 2.75) is 32.6 Å². The topological polar surface area (TPSA) is 39.2 Å². The van der Waals surface area contributed by atoms with Crippen molar-refractivity contribution < 1.29 is 9.53 Å². The molecule has 0 fully saturated rings. The van der Waals surface area contributed by atoms with E-state index in [1.165, 1.54) is 13.5 Å². The summed E-state index contributed by atoms with van der Waals surface area (Å²) < 4.78 is 4.57. The van der Waals surface area contributed by atoms with Gasteiger partial charge in [0.05, 0.1) is 24.2 Å². The molecule has 0 bridgehead atoms. The number of rotatable bonds is 5. The van der Waals surface area contributed by atoms with E-state index in [9.17, 15) is 4.79 Å². The van der Waals surface area contributed by atoms with Gasteiger partial charge in [-0.15, -0.1) is 11.3 Å². The van der Waals surface area contributed by atoms with Gasteiger partial charge < -0.3 is 4.74 Å². The van der Waals surface area contributed by atoms with Crippen LogP contribution in [0, 0.1) is 0 Å². The van der Waals surface area contributed by atoms with Gasteiger partial charge in [-0.1, -0.05) is 13.3 Å². The molecule has 3 nitrogen and oxygen atoms in total. The summed E-state index contributed by atoms with van der Waals surface area (Å²) in [6, 6.07) is 0. The summed E-state index contributed by atoms with van der Waals surface area (Å²) in [7, 11) is 1.40. The smallest absolute Gasteiger partial charge is 0.311 e. The van der Waals surface area contributed by atoms with E-state index in [1.807, 2.05) is 5.38 Å². The van der Waals surface area contributed by atoms with Crippen LogP contribution in [-0.2, 0) is 22.4 Å². The van der Waals surface area contributed by atoms with Crippen LogP contribution in [0.3, 0.4) is 0 Å². The predicted octanol–water partition coefficient (Wildman–Crippen LogP) is 2.20. The monoisotopic (exact) mass is 213 g/mol. The lowest BCUT2D eigenvalue weighted by Gasteiger charge is -1.94. The van der Waals surface area contributed by atoms with Gasteiger partial charge in [-0.25, -0.2) is 4.98 Å². The Morgan fingerprint density at radius 1 is 1.64 bits per heavy atom. The van der Waals surface area contributed by atoms with E-state index in [4.69, 9.17) is 0 Å². The maximum atomic E-state index is 10.9. The molecule has 0 aliphatic rings. The Kier molecular flexibility index (Phi) is 4.59. The van der Waals surface area contributed by atoms with Gasteiger partial charge in [0, 0.05) is 5.38 Å². The SMILES string of the molecule is CCCCc1nc(CC(=O)OC)cs1. The first-order chi connectivity index (χ1) is 6.76. The molecule has 1 heterocycles. The number of thiazole rings is 1. The first-order valence-electron chi connectivity index (χ1n) is 4.76. The molecular formula is C10H15NO2S. The molecule has 4 heteroatoms. The molecule has 0 aliphatic heterocycles. The molecule has 0 aliphatic carbocycles. The Hall–Kier alpha value is -0.900. The molecule has 0 radical (unpaired) electrons. The van der Waals surface area contributed by atoms with Crippen molar-refractivity contribution in [1.29, 1.82) is 0 Å². The number of aryl methyl sites for hydroxylation is 1. The fourth-order valence-corrected chi connectivity index (χ4v) is 1.93. The van der Waals surface area contributed by atoms with Crippen LogP contribution in [0.15, 0.2) is 5.38 Å². The van der Waals surface area contributed by atoms with E-state index in [0.717, 1.165) is 23.5 Å². The maximum Gasteiger partial charge on any atom is 0.311 e. The zero-order chi connectivity index (χ0) is 10.4. The summed E-state index contributed by atoms with van der Waals surface area (Å²) in [4.78, 5) is 15.3. The normalized spacial score (nSPS) is 10.1. The number of nitrogens with zero attached hydrogens (tertiary/aromatic N) is 1. The van der Waals surface area contributed by atoms with E-state index >= 15 is 0 Å². The highest BCUT2D eigenvalue weighted by molar-refractivity contribution is 7.09. The molecule has 0 saturated carbocycles. The third-order valence-electron chi connectivity index (χ3n) is 1.90. The highest BCUT2D eigenvalue weighted by Gasteiger charge is 2.06. The van der Waals surface area contributed by atoms with Crippen LogP contribution >= 0.6 is 11.3 Å². The fraction of sp³-hybridized carbons (Fsp3) is 0.600. The lowest BCUT2D eigenvalue weighted by Crippen LogP contribution is -2.04. The first kappa shape index (κ1) is 11.2. The number of carbonyl (C=O) groups is 1. The van der Waals surface area contributed by atoms with E-state index < -0.39 is 0 Å². The molecule has 0 aromatic carbocycles. The van der Waals surface area contributed by atoms with Crippen LogP contribution in [0.2, 0.25) is 0 Å². The minimum Gasteiger partial charge on any atom is -0.469 e. The third kappa shape index (κ3) is 3.46. The van der Waals surface area contributed by atoms with Gasteiger partial charge in [-0.05, 0) is 12.8 Å². The number of hydrogen-bond donors (Lipinski definition) is 0. The molecular weight excluding hydrogens is 198 g/mol. The molecule has 78 valence electrons. The summed E-state index contributed by atoms with van der Waals surface area (Å²) in [5, 5.41) is 3.05. The summed E-state index contributed by atoms with van der Waals surface area (Å²) in [5.74, 6) is -0.225. The van der Waals surface area contributed by atoms with Gasteiger partial charge >= 0.3 is 5.97 Å². The quantitative estimate of drug-likeness (QED) is 0.704. The molecule has 0 spiro atoms. The highest BCUT2D eigenvalue weighted by atomic mass is 32.1. The number of ether oxygens (including phenoxy) is 1. The Bertz CT molecular complexity index is 296. The van der Waals surface area contributed by atoms with Crippen LogP contribution in [0.1, 0.15) is 30.5 Å². The average molecular weight is 213 g/mol. The Balaban J connectivity index is 2.46. The van der Waals surface area contributed by atoms with Gasteiger partial charge in [0.15, 0.2) is 0 Å². The van der Waals surface area contributed by atoms with Crippen LogP contribution < -0.4 is 0 Å². The minimum absolute atomic E-state index is 0.225. The number of aromatic nitrogens is 1. The molecule has 0 atom stereocenters. The molecule has 14 heavy (non-hydrogen) atoms. The Morgan fingerprint density at radius 3 is 3.07 bits per heavy atom. The van der Waals surface area contributed by atoms with Gasteiger partial charge in [-0.3, -0.25) is 4.79 Å². The predicted molar refractivity (Wildman–Crippen MR) is 56.4 cm³/mol. The number of hydrogen-bond acceptors (Lipinski definition) is 4. The van der Waals surface area contributed by atoms with E-state index in [-0.39, 0.29) is 5.97 Å². The Morgan fingerprint density at radius 2 is 2.43 bits per heavy atom. The van der Waals surface area contributed by atoms with Crippen molar-refractivity contribution in [1.82, 2.24) is 4.98 Å². The van der Waals surface area contributed by atoms with Crippen molar-refractivity contribution >= 4 is 17.3 Å². The standard InChI is InChI=1S/C10H15NO2S/c1-3-4-5-9-11-8(7-14-9)6-10(12)13-2/h7H,3-6H2,1-2H3. The van der Waals surface area contributed by atoms with Crippen molar-refractivity contribution in [3.8, 4) is 0 Å². The summed E-state index contributed by atoms with van der Waals surface area (Å²) in [5.41, 5.74) is 0.827.